The highest BCUT2D eigenvalue weighted by atomic mass is 16.3. The van der Waals surface area contributed by atoms with Crippen molar-refractivity contribution in [1.29, 1.82) is 0 Å². The topological polar surface area (TPSA) is 30.2 Å². The molecule has 0 radical (unpaired) electrons. The van der Waals surface area contributed by atoms with E-state index in [-0.39, 0.29) is 5.78 Å². The average Bonchev–Trinajstić information content (AvgIpc) is 2.89. The first-order valence-electron chi connectivity index (χ1n) is 5.64. The summed E-state index contributed by atoms with van der Waals surface area (Å²) in [5, 5.41) is 0. The molecule has 1 heterocycles. The first-order chi connectivity index (χ1) is 8.36. The second kappa shape index (κ2) is 5.85. The third kappa shape index (κ3) is 3.45. The predicted molar refractivity (Wildman–Crippen MR) is 66.9 cm³/mol. The van der Waals surface area contributed by atoms with E-state index in [1.165, 1.54) is 11.8 Å². The standard InChI is InChI=1S/C15H14O2/c16-14(15-11-6-12-17-15)10-5-4-9-13-7-2-1-3-8-13/h1-3,5-8,10-12H,4,9H2/b10-5+. The van der Waals surface area contributed by atoms with E-state index in [1.807, 2.05) is 24.3 Å². The van der Waals surface area contributed by atoms with Crippen molar-refractivity contribution < 1.29 is 9.21 Å². The Balaban J connectivity index is 1.81. The van der Waals surface area contributed by atoms with Gasteiger partial charge in [0.05, 0.1) is 6.26 Å². The number of allylic oxidation sites excluding steroid dienone is 2. The van der Waals surface area contributed by atoms with Gasteiger partial charge in [0, 0.05) is 0 Å². The highest BCUT2D eigenvalue weighted by molar-refractivity contribution is 6.02. The summed E-state index contributed by atoms with van der Waals surface area (Å²) in [6.45, 7) is 0. The SMILES string of the molecule is O=C(/C=C/CCc1ccccc1)c1ccco1. The van der Waals surface area contributed by atoms with Gasteiger partial charge in [-0.15, -0.1) is 0 Å². The van der Waals surface area contributed by atoms with Gasteiger partial charge in [0.25, 0.3) is 0 Å². The van der Waals surface area contributed by atoms with E-state index in [2.05, 4.69) is 12.1 Å². The number of hydrogen-bond donors (Lipinski definition) is 0. The number of rotatable bonds is 5. The van der Waals surface area contributed by atoms with E-state index in [1.54, 1.807) is 18.2 Å². The Bertz CT molecular complexity index is 481. The molecule has 0 bridgehead atoms. The van der Waals surface area contributed by atoms with Gasteiger partial charge in [0.2, 0.25) is 5.78 Å². The minimum atomic E-state index is -0.0805. The lowest BCUT2D eigenvalue weighted by molar-refractivity contribution is 0.102. The second-order valence-electron chi connectivity index (χ2n) is 3.77. The van der Waals surface area contributed by atoms with Gasteiger partial charge in [-0.25, -0.2) is 0 Å². The van der Waals surface area contributed by atoms with Crippen LogP contribution in [0.3, 0.4) is 0 Å². The van der Waals surface area contributed by atoms with Crippen LogP contribution in [-0.4, -0.2) is 5.78 Å². The molecule has 0 aliphatic rings. The minimum absolute atomic E-state index is 0.0805. The maximum atomic E-state index is 11.5. The van der Waals surface area contributed by atoms with Crippen LogP contribution in [0.5, 0.6) is 0 Å². The highest BCUT2D eigenvalue weighted by Crippen LogP contribution is 2.05. The fourth-order valence-corrected chi connectivity index (χ4v) is 1.59. The lowest BCUT2D eigenvalue weighted by Gasteiger charge is -1.96. The first-order valence-corrected chi connectivity index (χ1v) is 5.64. The summed E-state index contributed by atoms with van der Waals surface area (Å²) in [5.74, 6) is 0.309. The van der Waals surface area contributed by atoms with Crippen molar-refractivity contribution in [2.45, 2.75) is 12.8 Å². The van der Waals surface area contributed by atoms with Crippen LogP contribution in [0.1, 0.15) is 22.5 Å². The van der Waals surface area contributed by atoms with Gasteiger partial charge in [-0.2, -0.15) is 0 Å². The van der Waals surface area contributed by atoms with Crippen LogP contribution in [0.25, 0.3) is 0 Å². The Kier molecular flexibility index (Phi) is 3.92. The maximum absolute atomic E-state index is 11.5. The minimum Gasteiger partial charge on any atom is -0.461 e. The zero-order valence-electron chi connectivity index (χ0n) is 9.50. The van der Waals surface area contributed by atoms with Crippen LogP contribution in [0.15, 0.2) is 65.3 Å². The first kappa shape index (κ1) is 11.4. The van der Waals surface area contributed by atoms with Crippen LogP contribution in [0.2, 0.25) is 0 Å². The molecule has 0 spiro atoms. The van der Waals surface area contributed by atoms with E-state index >= 15 is 0 Å². The molecule has 0 aliphatic carbocycles. The number of ketones is 1. The third-order valence-electron chi connectivity index (χ3n) is 2.48. The summed E-state index contributed by atoms with van der Waals surface area (Å²) in [6.07, 6.45) is 6.77. The molecule has 17 heavy (non-hydrogen) atoms. The summed E-state index contributed by atoms with van der Waals surface area (Å²) in [5.41, 5.74) is 1.28. The molecule has 0 fully saturated rings. The van der Waals surface area contributed by atoms with Gasteiger partial charge in [0.15, 0.2) is 5.76 Å². The Morgan fingerprint density at radius 2 is 1.94 bits per heavy atom. The zero-order valence-corrected chi connectivity index (χ0v) is 9.50. The fraction of sp³-hybridized carbons (Fsp3) is 0.133. The molecule has 0 saturated carbocycles. The molecule has 0 N–H and O–H groups in total. The summed E-state index contributed by atoms with van der Waals surface area (Å²) in [6, 6.07) is 13.6. The van der Waals surface area contributed by atoms with Crippen molar-refractivity contribution in [1.82, 2.24) is 0 Å². The molecule has 0 amide bonds. The van der Waals surface area contributed by atoms with Crippen molar-refractivity contribution in [3.63, 3.8) is 0 Å². The van der Waals surface area contributed by atoms with E-state index in [0.717, 1.165) is 12.8 Å². The van der Waals surface area contributed by atoms with Gasteiger partial charge >= 0.3 is 0 Å². The molecule has 86 valence electrons. The third-order valence-corrected chi connectivity index (χ3v) is 2.48. The molecule has 2 aromatic rings. The number of carbonyl (C=O) groups is 1. The number of carbonyl (C=O) groups excluding carboxylic acids is 1. The van der Waals surface area contributed by atoms with Crippen molar-refractivity contribution in [2.24, 2.45) is 0 Å². The summed E-state index contributed by atoms with van der Waals surface area (Å²) >= 11 is 0. The molecule has 0 atom stereocenters. The lowest BCUT2D eigenvalue weighted by Crippen LogP contribution is -1.90. The maximum Gasteiger partial charge on any atom is 0.220 e. The Morgan fingerprint density at radius 3 is 2.65 bits per heavy atom. The molecular formula is C15H14O2. The average molecular weight is 226 g/mol. The molecule has 1 aromatic heterocycles. The van der Waals surface area contributed by atoms with Gasteiger partial charge in [-0.3, -0.25) is 4.79 Å². The number of furan rings is 1. The monoisotopic (exact) mass is 226 g/mol. The van der Waals surface area contributed by atoms with Gasteiger partial charge < -0.3 is 4.42 Å². The quantitative estimate of drug-likeness (QED) is 0.575. The van der Waals surface area contributed by atoms with Crippen LogP contribution in [0, 0.1) is 0 Å². The van der Waals surface area contributed by atoms with Gasteiger partial charge in [0.1, 0.15) is 0 Å². The fourth-order valence-electron chi connectivity index (χ4n) is 1.59. The summed E-state index contributed by atoms with van der Waals surface area (Å²) in [7, 11) is 0. The van der Waals surface area contributed by atoms with E-state index in [4.69, 9.17) is 4.42 Å². The normalized spacial score (nSPS) is 10.8. The molecule has 2 rings (SSSR count). The summed E-state index contributed by atoms with van der Waals surface area (Å²) in [4.78, 5) is 11.5. The number of aryl methyl sites for hydroxylation is 1. The van der Waals surface area contributed by atoms with E-state index < -0.39 is 0 Å². The van der Waals surface area contributed by atoms with Crippen LogP contribution in [0.4, 0.5) is 0 Å². The molecule has 0 saturated heterocycles. The lowest BCUT2D eigenvalue weighted by atomic mass is 10.1. The Labute approximate surface area is 101 Å². The zero-order chi connectivity index (χ0) is 11.9. The van der Waals surface area contributed by atoms with Crippen LogP contribution >= 0.6 is 0 Å². The van der Waals surface area contributed by atoms with Crippen molar-refractivity contribution >= 4 is 5.78 Å². The Hall–Kier alpha value is -2.09. The smallest absolute Gasteiger partial charge is 0.220 e. The number of benzene rings is 1. The van der Waals surface area contributed by atoms with Gasteiger partial charge in [-0.05, 0) is 36.6 Å². The molecular weight excluding hydrogens is 212 g/mol. The van der Waals surface area contributed by atoms with Crippen molar-refractivity contribution in [3.05, 3.63) is 72.2 Å². The summed E-state index contributed by atoms with van der Waals surface area (Å²) < 4.78 is 5.01. The van der Waals surface area contributed by atoms with Crippen LogP contribution < -0.4 is 0 Å². The Morgan fingerprint density at radius 1 is 1.12 bits per heavy atom. The molecule has 0 aliphatic heterocycles. The largest absolute Gasteiger partial charge is 0.461 e. The highest BCUT2D eigenvalue weighted by Gasteiger charge is 2.02. The van der Waals surface area contributed by atoms with Crippen molar-refractivity contribution in [2.75, 3.05) is 0 Å². The van der Waals surface area contributed by atoms with Crippen molar-refractivity contribution in [3.8, 4) is 0 Å². The molecule has 1 aromatic carbocycles. The number of hydrogen-bond acceptors (Lipinski definition) is 2. The molecule has 2 nitrogen and oxygen atoms in total. The molecule has 2 heteroatoms. The van der Waals surface area contributed by atoms with E-state index in [9.17, 15) is 4.79 Å². The van der Waals surface area contributed by atoms with E-state index in [0.29, 0.717) is 5.76 Å². The molecule has 0 unspecified atom stereocenters. The predicted octanol–water partition coefficient (Wildman–Crippen LogP) is 3.65. The van der Waals surface area contributed by atoms with Gasteiger partial charge in [-0.1, -0.05) is 36.4 Å². The second-order valence-corrected chi connectivity index (χ2v) is 3.77. The van der Waals surface area contributed by atoms with Crippen LogP contribution in [-0.2, 0) is 6.42 Å².